The Bertz CT molecular complexity index is 1210. The van der Waals surface area contributed by atoms with Gasteiger partial charge in [-0.25, -0.2) is 10.2 Å². The molecule has 0 aliphatic rings. The highest BCUT2D eigenvalue weighted by molar-refractivity contribution is 5.91. The number of nitro benzene ring substituents is 1. The maximum Gasteiger partial charge on any atom is 0.343 e. The number of amides is 1. The summed E-state index contributed by atoms with van der Waals surface area (Å²) in [6, 6.07) is 18.9. The molecule has 0 spiro atoms. The van der Waals surface area contributed by atoms with Gasteiger partial charge in [0.2, 0.25) is 0 Å². The number of benzene rings is 3. The van der Waals surface area contributed by atoms with Crippen molar-refractivity contribution in [2.24, 2.45) is 5.10 Å². The predicted molar refractivity (Wildman–Crippen MR) is 128 cm³/mol. The van der Waals surface area contributed by atoms with Crippen molar-refractivity contribution in [2.75, 3.05) is 6.61 Å². The molecular formula is C25H23N3O7. The first-order valence-corrected chi connectivity index (χ1v) is 10.7. The summed E-state index contributed by atoms with van der Waals surface area (Å²) in [6.45, 7) is 3.87. The number of hydrogen-bond donors (Lipinski definition) is 1. The lowest BCUT2D eigenvalue weighted by Gasteiger charge is -2.12. The second-order valence-corrected chi connectivity index (χ2v) is 7.14. The van der Waals surface area contributed by atoms with Gasteiger partial charge in [-0.1, -0.05) is 12.1 Å². The quantitative estimate of drug-likeness (QED) is 0.153. The molecule has 0 aliphatic heterocycles. The van der Waals surface area contributed by atoms with Crippen LogP contribution in [0.25, 0.3) is 0 Å². The van der Waals surface area contributed by atoms with E-state index in [9.17, 15) is 19.7 Å². The molecule has 0 radical (unpaired) electrons. The minimum Gasteiger partial charge on any atom is -0.494 e. The van der Waals surface area contributed by atoms with Crippen LogP contribution < -0.4 is 19.6 Å². The molecule has 0 aliphatic carbocycles. The van der Waals surface area contributed by atoms with Crippen LogP contribution in [-0.2, 0) is 4.79 Å². The van der Waals surface area contributed by atoms with Crippen LogP contribution in [0.2, 0.25) is 0 Å². The number of nitro groups is 1. The van der Waals surface area contributed by atoms with Gasteiger partial charge in [0, 0.05) is 6.07 Å². The van der Waals surface area contributed by atoms with Crippen molar-refractivity contribution >= 4 is 23.8 Å². The Hall–Kier alpha value is -4.73. The lowest BCUT2D eigenvalue weighted by atomic mass is 10.2. The SMILES string of the molecule is CCOc1ccc(C(=O)Oc2ccc(/C=N/NC(=O)C(C)Oc3ccccc3[N+](=O)[O-])cc2)cc1. The minimum absolute atomic E-state index is 0.0144. The van der Waals surface area contributed by atoms with Gasteiger partial charge in [-0.15, -0.1) is 0 Å². The smallest absolute Gasteiger partial charge is 0.343 e. The summed E-state index contributed by atoms with van der Waals surface area (Å²) >= 11 is 0. The Labute approximate surface area is 201 Å². The number of nitrogens with zero attached hydrogens (tertiary/aromatic N) is 2. The van der Waals surface area contributed by atoms with Crippen molar-refractivity contribution in [1.82, 2.24) is 5.43 Å². The van der Waals surface area contributed by atoms with Crippen LogP contribution in [0.5, 0.6) is 17.2 Å². The van der Waals surface area contributed by atoms with E-state index in [1.54, 1.807) is 54.6 Å². The summed E-state index contributed by atoms with van der Waals surface area (Å²) in [5.41, 5.74) is 3.11. The van der Waals surface area contributed by atoms with Crippen molar-refractivity contribution in [3.63, 3.8) is 0 Å². The van der Waals surface area contributed by atoms with Gasteiger partial charge < -0.3 is 14.2 Å². The molecule has 1 amide bonds. The molecule has 1 unspecified atom stereocenters. The Balaban J connectivity index is 1.51. The van der Waals surface area contributed by atoms with Crippen molar-refractivity contribution in [2.45, 2.75) is 20.0 Å². The van der Waals surface area contributed by atoms with E-state index in [2.05, 4.69) is 10.5 Å². The number of carbonyl (C=O) groups is 2. The average Bonchev–Trinajstić information content (AvgIpc) is 2.85. The van der Waals surface area contributed by atoms with Crippen LogP contribution >= 0.6 is 0 Å². The van der Waals surface area contributed by atoms with E-state index in [0.717, 1.165) is 0 Å². The lowest BCUT2D eigenvalue weighted by molar-refractivity contribution is -0.386. The molecular weight excluding hydrogens is 454 g/mol. The van der Waals surface area contributed by atoms with Gasteiger partial charge in [0.05, 0.1) is 23.3 Å². The third-order valence-electron chi connectivity index (χ3n) is 4.61. The van der Waals surface area contributed by atoms with Gasteiger partial charge in [-0.2, -0.15) is 5.10 Å². The molecule has 0 saturated carbocycles. The Morgan fingerprint density at radius 2 is 1.69 bits per heavy atom. The highest BCUT2D eigenvalue weighted by Gasteiger charge is 2.20. The number of hydrogen-bond acceptors (Lipinski definition) is 8. The number of ether oxygens (including phenoxy) is 3. The first-order valence-electron chi connectivity index (χ1n) is 10.7. The van der Waals surface area contributed by atoms with E-state index < -0.39 is 22.9 Å². The minimum atomic E-state index is -1.02. The lowest BCUT2D eigenvalue weighted by Crippen LogP contribution is -2.33. The predicted octanol–water partition coefficient (Wildman–Crippen LogP) is 4.13. The zero-order valence-corrected chi connectivity index (χ0v) is 19.0. The highest BCUT2D eigenvalue weighted by atomic mass is 16.6. The van der Waals surface area contributed by atoms with Crippen molar-refractivity contribution in [3.8, 4) is 17.2 Å². The summed E-state index contributed by atoms with van der Waals surface area (Å²) < 4.78 is 16.1. The monoisotopic (exact) mass is 477 g/mol. The number of rotatable bonds is 10. The van der Waals surface area contributed by atoms with Crippen LogP contribution in [0, 0.1) is 10.1 Å². The molecule has 3 aromatic carbocycles. The molecule has 10 heteroatoms. The molecule has 0 heterocycles. The zero-order chi connectivity index (χ0) is 25.2. The van der Waals surface area contributed by atoms with Crippen LogP contribution in [0.3, 0.4) is 0 Å². The maximum atomic E-state index is 12.3. The summed E-state index contributed by atoms with van der Waals surface area (Å²) in [6.07, 6.45) is 0.380. The number of para-hydroxylation sites is 2. The fraction of sp³-hybridized carbons (Fsp3) is 0.160. The van der Waals surface area contributed by atoms with Gasteiger partial charge in [-0.05, 0) is 74.0 Å². The van der Waals surface area contributed by atoms with E-state index in [4.69, 9.17) is 14.2 Å². The largest absolute Gasteiger partial charge is 0.494 e. The van der Waals surface area contributed by atoms with E-state index in [1.807, 2.05) is 6.92 Å². The van der Waals surface area contributed by atoms with Crippen LogP contribution in [0.4, 0.5) is 5.69 Å². The van der Waals surface area contributed by atoms with Gasteiger partial charge in [0.15, 0.2) is 11.9 Å². The van der Waals surface area contributed by atoms with Crippen LogP contribution in [-0.4, -0.2) is 35.7 Å². The number of hydrazone groups is 1. The van der Waals surface area contributed by atoms with Crippen molar-refractivity contribution < 1.29 is 28.7 Å². The van der Waals surface area contributed by atoms with E-state index >= 15 is 0 Å². The van der Waals surface area contributed by atoms with Gasteiger partial charge >= 0.3 is 11.7 Å². The number of carbonyl (C=O) groups excluding carboxylic acids is 2. The Morgan fingerprint density at radius 3 is 2.34 bits per heavy atom. The molecule has 0 fully saturated rings. The fourth-order valence-electron chi connectivity index (χ4n) is 2.85. The molecule has 1 N–H and O–H groups in total. The fourth-order valence-corrected chi connectivity index (χ4v) is 2.85. The molecule has 1 atom stereocenters. The maximum absolute atomic E-state index is 12.3. The van der Waals surface area contributed by atoms with Gasteiger partial charge in [0.1, 0.15) is 11.5 Å². The summed E-state index contributed by atoms with van der Waals surface area (Å²) in [4.78, 5) is 35.0. The molecule has 0 bridgehead atoms. The van der Waals surface area contributed by atoms with Crippen LogP contribution in [0.15, 0.2) is 77.9 Å². The average molecular weight is 477 g/mol. The normalized spacial score (nSPS) is 11.5. The Kier molecular flexibility index (Phi) is 8.49. The summed E-state index contributed by atoms with van der Waals surface area (Å²) in [7, 11) is 0. The zero-order valence-electron chi connectivity index (χ0n) is 19.0. The first kappa shape index (κ1) is 24.9. The molecule has 180 valence electrons. The third-order valence-corrected chi connectivity index (χ3v) is 4.61. The van der Waals surface area contributed by atoms with Gasteiger partial charge in [-0.3, -0.25) is 14.9 Å². The molecule has 3 rings (SSSR count). The highest BCUT2D eigenvalue weighted by Crippen LogP contribution is 2.26. The third kappa shape index (κ3) is 7.13. The summed E-state index contributed by atoms with van der Waals surface area (Å²) in [5, 5.41) is 14.9. The van der Waals surface area contributed by atoms with E-state index in [1.165, 1.54) is 31.3 Å². The number of nitrogens with one attached hydrogen (secondary N) is 1. The van der Waals surface area contributed by atoms with Crippen molar-refractivity contribution in [1.29, 1.82) is 0 Å². The number of esters is 1. The molecule has 0 saturated heterocycles. The second kappa shape index (κ2) is 11.9. The van der Waals surface area contributed by atoms with Crippen molar-refractivity contribution in [3.05, 3.63) is 94.0 Å². The van der Waals surface area contributed by atoms with Gasteiger partial charge in [0.25, 0.3) is 5.91 Å². The summed E-state index contributed by atoms with van der Waals surface area (Å²) in [5.74, 6) is -0.0900. The molecule has 35 heavy (non-hydrogen) atoms. The standard InChI is InChI=1S/C25H23N3O7/c1-3-33-20-14-10-19(11-15-20)25(30)35-21-12-8-18(9-13-21)16-26-27-24(29)17(2)34-23-7-5-4-6-22(23)28(31)32/h4-17H,3H2,1-2H3,(H,27,29)/b26-16+. The van der Waals surface area contributed by atoms with E-state index in [0.29, 0.717) is 29.2 Å². The topological polar surface area (TPSA) is 129 Å². The van der Waals surface area contributed by atoms with Crippen LogP contribution in [0.1, 0.15) is 29.8 Å². The first-order chi connectivity index (χ1) is 16.9. The molecule has 0 aromatic heterocycles. The van der Waals surface area contributed by atoms with E-state index in [-0.39, 0.29) is 11.4 Å². The second-order valence-electron chi connectivity index (χ2n) is 7.14. The molecule has 3 aromatic rings. The Morgan fingerprint density at radius 1 is 1.03 bits per heavy atom. The molecule has 10 nitrogen and oxygen atoms in total.